The highest BCUT2D eigenvalue weighted by atomic mass is 13.9. The van der Waals surface area contributed by atoms with Crippen LogP contribution >= 0.6 is 0 Å². The Labute approximate surface area is 81.4 Å². The topological polar surface area (TPSA) is 0 Å². The maximum absolute atomic E-state index is 3.24. The molecule has 0 N–H and O–H groups in total. The third-order valence-electron chi connectivity index (χ3n) is 1.91. The molecule has 0 amide bonds. The predicted molar refractivity (Wildman–Crippen MR) is 58.3 cm³/mol. The van der Waals surface area contributed by atoms with Crippen LogP contribution in [0.15, 0.2) is 42.5 Å². The van der Waals surface area contributed by atoms with Crippen LogP contribution in [0, 0.1) is 6.08 Å². The van der Waals surface area contributed by atoms with E-state index in [1.807, 2.05) is 0 Å². The van der Waals surface area contributed by atoms with Crippen LogP contribution in [0.3, 0.4) is 0 Å². The van der Waals surface area contributed by atoms with Gasteiger partial charge in [0, 0.05) is 0 Å². The minimum absolute atomic E-state index is 0.946. The van der Waals surface area contributed by atoms with E-state index in [-0.39, 0.29) is 0 Å². The number of rotatable bonds is 0. The van der Waals surface area contributed by atoms with Crippen molar-refractivity contribution in [2.45, 2.75) is 32.1 Å². The van der Waals surface area contributed by atoms with Gasteiger partial charge in [0.25, 0.3) is 0 Å². The first-order chi connectivity index (χ1) is 6.50. The van der Waals surface area contributed by atoms with Gasteiger partial charge >= 0.3 is 0 Å². The molecule has 0 heterocycles. The first kappa shape index (κ1) is 10.0. The first-order valence-corrected chi connectivity index (χ1v) is 5.00. The lowest BCUT2D eigenvalue weighted by molar-refractivity contribution is 1.04. The predicted octanol–water partition coefficient (Wildman–Crippen LogP) is 3.98. The quantitative estimate of drug-likeness (QED) is 0.486. The molecule has 1 aliphatic carbocycles. The van der Waals surface area contributed by atoms with E-state index in [1.54, 1.807) is 0 Å². The SMILES string of the molecule is [C]1=C/C/C=C/CC/C=C/C/C=C/C/1. The summed E-state index contributed by atoms with van der Waals surface area (Å²) in [6.45, 7) is 0. The van der Waals surface area contributed by atoms with E-state index in [9.17, 15) is 0 Å². The van der Waals surface area contributed by atoms with Crippen molar-refractivity contribution in [2.24, 2.45) is 0 Å². The summed E-state index contributed by atoms with van der Waals surface area (Å²) in [5, 5.41) is 0. The highest BCUT2D eigenvalue weighted by Crippen LogP contribution is 1.99. The molecule has 0 saturated heterocycles. The van der Waals surface area contributed by atoms with E-state index in [0.717, 1.165) is 32.1 Å². The third-order valence-corrected chi connectivity index (χ3v) is 1.91. The molecule has 0 aliphatic heterocycles. The molecular weight excluding hydrogens is 156 g/mol. The molecule has 13 heavy (non-hydrogen) atoms. The van der Waals surface area contributed by atoms with Crippen molar-refractivity contribution in [1.82, 2.24) is 0 Å². The second kappa shape index (κ2) is 7.60. The van der Waals surface area contributed by atoms with Gasteiger partial charge < -0.3 is 0 Å². The fourth-order valence-corrected chi connectivity index (χ4v) is 1.18. The van der Waals surface area contributed by atoms with Crippen molar-refractivity contribution < 1.29 is 0 Å². The average molecular weight is 173 g/mol. The Morgan fingerprint density at radius 2 is 1.38 bits per heavy atom. The molecule has 1 rings (SSSR count). The molecular formula is C13H17. The molecule has 1 radical (unpaired) electrons. The maximum atomic E-state index is 3.24. The molecule has 0 aromatic carbocycles. The summed E-state index contributed by atoms with van der Waals surface area (Å²) in [4.78, 5) is 0. The molecule has 0 aromatic heterocycles. The van der Waals surface area contributed by atoms with Crippen LogP contribution in [0.4, 0.5) is 0 Å². The molecule has 0 saturated carbocycles. The zero-order valence-electron chi connectivity index (χ0n) is 8.08. The Bertz CT molecular complexity index is 192. The lowest BCUT2D eigenvalue weighted by Gasteiger charge is -1.85. The van der Waals surface area contributed by atoms with E-state index >= 15 is 0 Å². The standard InChI is InChI=1S/C13H17/c1-2-4-6-8-10-12-13-11-9-7-5-3-1/h1-2,5,7-8,10,13H,3-4,6,9,12H2/b2-1+,7-5+,10-8+,13-11?. The summed E-state index contributed by atoms with van der Waals surface area (Å²) in [7, 11) is 0. The normalized spacial score (nSPS) is 28.9. The Hall–Kier alpha value is -1.04. The van der Waals surface area contributed by atoms with Crippen molar-refractivity contribution >= 4 is 0 Å². The maximum Gasteiger partial charge on any atom is -0.00977 e. The molecule has 1 aliphatic rings. The Balaban J connectivity index is 2.38. The Kier molecular flexibility index (Phi) is 5.87. The van der Waals surface area contributed by atoms with Crippen molar-refractivity contribution in [3.63, 3.8) is 0 Å². The van der Waals surface area contributed by atoms with Crippen molar-refractivity contribution in [2.75, 3.05) is 0 Å². The van der Waals surface area contributed by atoms with Gasteiger partial charge in [-0.25, -0.2) is 0 Å². The van der Waals surface area contributed by atoms with Crippen LogP contribution in [0.25, 0.3) is 0 Å². The lowest BCUT2D eigenvalue weighted by atomic mass is 10.2. The summed E-state index contributed by atoms with van der Waals surface area (Å²) < 4.78 is 0. The second-order valence-electron chi connectivity index (χ2n) is 3.08. The zero-order chi connectivity index (χ0) is 9.19. The lowest BCUT2D eigenvalue weighted by Crippen LogP contribution is -1.65. The van der Waals surface area contributed by atoms with Crippen LogP contribution in [-0.2, 0) is 0 Å². The van der Waals surface area contributed by atoms with Crippen molar-refractivity contribution in [3.05, 3.63) is 48.6 Å². The van der Waals surface area contributed by atoms with E-state index < -0.39 is 0 Å². The molecule has 69 valence electrons. The minimum Gasteiger partial charge on any atom is -0.0879 e. The van der Waals surface area contributed by atoms with E-state index in [4.69, 9.17) is 0 Å². The molecule has 0 fully saturated rings. The third kappa shape index (κ3) is 6.15. The Morgan fingerprint density at radius 3 is 2.23 bits per heavy atom. The molecule has 0 bridgehead atoms. The summed E-state index contributed by atoms with van der Waals surface area (Å²) in [5.74, 6) is 0. The van der Waals surface area contributed by atoms with Crippen LogP contribution < -0.4 is 0 Å². The molecule has 0 nitrogen and oxygen atoms in total. The summed E-state index contributed by atoms with van der Waals surface area (Å²) >= 11 is 0. The van der Waals surface area contributed by atoms with Crippen LogP contribution in [0.2, 0.25) is 0 Å². The van der Waals surface area contributed by atoms with Gasteiger partial charge in [-0.15, -0.1) is 0 Å². The molecule has 0 aromatic rings. The van der Waals surface area contributed by atoms with Gasteiger partial charge in [-0.1, -0.05) is 42.5 Å². The fourth-order valence-electron chi connectivity index (χ4n) is 1.18. The van der Waals surface area contributed by atoms with Crippen molar-refractivity contribution in [1.29, 1.82) is 0 Å². The van der Waals surface area contributed by atoms with Gasteiger partial charge in [-0.3, -0.25) is 0 Å². The minimum atomic E-state index is 0.946. The van der Waals surface area contributed by atoms with Crippen LogP contribution in [-0.4, -0.2) is 0 Å². The van der Waals surface area contributed by atoms with E-state index in [1.165, 1.54) is 0 Å². The summed E-state index contributed by atoms with van der Waals surface area (Å²) in [6.07, 6.45) is 24.0. The molecule has 0 unspecified atom stereocenters. The fraction of sp³-hybridized carbons (Fsp3) is 0.385. The van der Waals surface area contributed by atoms with Gasteiger partial charge in [-0.05, 0) is 38.2 Å². The molecule has 0 heteroatoms. The van der Waals surface area contributed by atoms with E-state index in [0.29, 0.717) is 0 Å². The average Bonchev–Trinajstić information content (AvgIpc) is 2.18. The Morgan fingerprint density at radius 1 is 0.692 bits per heavy atom. The molecule has 0 atom stereocenters. The number of hydrogen-bond acceptors (Lipinski definition) is 0. The van der Waals surface area contributed by atoms with Gasteiger partial charge in [0.1, 0.15) is 0 Å². The summed E-state index contributed by atoms with van der Waals surface area (Å²) in [5.41, 5.74) is 0. The van der Waals surface area contributed by atoms with Gasteiger partial charge in [0.05, 0.1) is 0 Å². The second-order valence-corrected chi connectivity index (χ2v) is 3.08. The van der Waals surface area contributed by atoms with Crippen LogP contribution in [0.1, 0.15) is 32.1 Å². The van der Waals surface area contributed by atoms with Gasteiger partial charge in [0.15, 0.2) is 0 Å². The van der Waals surface area contributed by atoms with E-state index in [2.05, 4.69) is 48.6 Å². The number of hydrogen-bond donors (Lipinski definition) is 0. The largest absolute Gasteiger partial charge is 0.0879 e. The molecule has 0 spiro atoms. The van der Waals surface area contributed by atoms with Crippen LogP contribution in [0.5, 0.6) is 0 Å². The van der Waals surface area contributed by atoms with Crippen molar-refractivity contribution in [3.8, 4) is 0 Å². The number of allylic oxidation sites excluding steroid dienone is 8. The zero-order valence-corrected chi connectivity index (χ0v) is 8.08. The summed E-state index contributed by atoms with van der Waals surface area (Å²) in [6, 6.07) is 0. The first-order valence-electron chi connectivity index (χ1n) is 5.00. The highest BCUT2D eigenvalue weighted by Gasteiger charge is 1.79. The smallest absolute Gasteiger partial charge is 0.00977 e. The highest BCUT2D eigenvalue weighted by molar-refractivity contribution is 4.98. The van der Waals surface area contributed by atoms with Gasteiger partial charge in [-0.2, -0.15) is 0 Å². The van der Waals surface area contributed by atoms with Gasteiger partial charge in [0.2, 0.25) is 0 Å². The monoisotopic (exact) mass is 173 g/mol.